The van der Waals surface area contributed by atoms with Crippen LogP contribution in [-0.4, -0.2) is 17.9 Å². The van der Waals surface area contributed by atoms with E-state index in [4.69, 9.17) is 10.00 Å². The highest BCUT2D eigenvalue weighted by Crippen LogP contribution is 2.08. The van der Waals surface area contributed by atoms with Gasteiger partial charge in [0.25, 0.3) is 0 Å². The van der Waals surface area contributed by atoms with Crippen molar-refractivity contribution >= 4 is 5.78 Å². The summed E-state index contributed by atoms with van der Waals surface area (Å²) in [7, 11) is 1.49. The van der Waals surface area contributed by atoms with Crippen molar-refractivity contribution in [2.24, 2.45) is 0 Å². The number of ether oxygens (including phenoxy) is 1. The summed E-state index contributed by atoms with van der Waals surface area (Å²) in [6.07, 6.45) is 0.425. The number of Topliss-reactive ketones (excluding diaryl/α,β-unsaturated/α-hetero) is 1. The van der Waals surface area contributed by atoms with E-state index in [1.165, 1.54) is 7.11 Å². The number of nitrogens with zero attached hydrogens (tertiary/aromatic N) is 2. The van der Waals surface area contributed by atoms with Gasteiger partial charge in [0.2, 0.25) is 5.88 Å². The van der Waals surface area contributed by atoms with Crippen molar-refractivity contribution in [2.45, 2.75) is 12.8 Å². The van der Waals surface area contributed by atoms with E-state index < -0.39 is 0 Å². The topological polar surface area (TPSA) is 63.0 Å². The van der Waals surface area contributed by atoms with E-state index in [-0.39, 0.29) is 18.6 Å². The van der Waals surface area contributed by atoms with Gasteiger partial charge in [-0.05, 0) is 6.07 Å². The van der Waals surface area contributed by atoms with Crippen molar-refractivity contribution in [1.29, 1.82) is 5.26 Å². The van der Waals surface area contributed by atoms with Gasteiger partial charge in [-0.2, -0.15) is 5.26 Å². The molecule has 0 aliphatic heterocycles. The summed E-state index contributed by atoms with van der Waals surface area (Å²) in [4.78, 5) is 15.4. The molecule has 0 unspecified atom stereocenters. The maximum absolute atomic E-state index is 11.4. The molecule has 0 aromatic carbocycles. The van der Waals surface area contributed by atoms with Gasteiger partial charge in [0.1, 0.15) is 5.69 Å². The van der Waals surface area contributed by atoms with Gasteiger partial charge in [-0.15, -0.1) is 0 Å². The van der Waals surface area contributed by atoms with Crippen LogP contribution < -0.4 is 4.74 Å². The van der Waals surface area contributed by atoms with Crippen molar-refractivity contribution in [1.82, 2.24) is 4.98 Å². The predicted molar refractivity (Wildman–Crippen MR) is 50.0 cm³/mol. The van der Waals surface area contributed by atoms with Crippen LogP contribution in [0, 0.1) is 11.3 Å². The molecule has 0 N–H and O–H groups in total. The molecule has 1 aromatic rings. The maximum Gasteiger partial charge on any atom is 0.213 e. The number of hydrogen-bond acceptors (Lipinski definition) is 4. The molecule has 0 radical (unpaired) electrons. The van der Waals surface area contributed by atoms with E-state index in [1.54, 1.807) is 18.2 Å². The van der Waals surface area contributed by atoms with Gasteiger partial charge in [0.05, 0.1) is 13.2 Å². The van der Waals surface area contributed by atoms with E-state index in [0.29, 0.717) is 11.6 Å². The Morgan fingerprint density at radius 2 is 2.43 bits per heavy atom. The Bertz CT molecular complexity index is 369. The Hall–Kier alpha value is -1.89. The number of aromatic nitrogens is 1. The second-order valence-corrected chi connectivity index (χ2v) is 2.65. The second kappa shape index (κ2) is 4.97. The lowest BCUT2D eigenvalue weighted by atomic mass is 10.1. The van der Waals surface area contributed by atoms with Crippen LogP contribution in [0.15, 0.2) is 18.2 Å². The standard InChI is InChI=1S/C10H10N2O2/c1-14-10-6-2-4-8(12-10)9(13)5-3-7-11/h2,4,6H,3,5H2,1H3. The fraction of sp³-hybridized carbons (Fsp3) is 0.300. The van der Waals surface area contributed by atoms with Gasteiger partial charge in [-0.3, -0.25) is 4.79 Å². The number of ketones is 1. The van der Waals surface area contributed by atoms with E-state index >= 15 is 0 Å². The average Bonchev–Trinajstić information content (AvgIpc) is 2.26. The first kappa shape index (κ1) is 10.2. The van der Waals surface area contributed by atoms with Crippen molar-refractivity contribution in [3.05, 3.63) is 23.9 Å². The zero-order valence-electron chi connectivity index (χ0n) is 7.86. The monoisotopic (exact) mass is 190 g/mol. The molecule has 0 saturated carbocycles. The van der Waals surface area contributed by atoms with Crippen LogP contribution in [0.3, 0.4) is 0 Å². The Balaban J connectivity index is 2.75. The highest BCUT2D eigenvalue weighted by Gasteiger charge is 2.07. The van der Waals surface area contributed by atoms with Crippen molar-refractivity contribution in [2.75, 3.05) is 7.11 Å². The molecule has 0 spiro atoms. The minimum atomic E-state index is -0.134. The summed E-state index contributed by atoms with van der Waals surface area (Å²) in [5, 5.41) is 8.32. The first-order valence-electron chi connectivity index (χ1n) is 4.19. The summed E-state index contributed by atoms with van der Waals surface area (Å²) < 4.78 is 4.88. The Kier molecular flexibility index (Phi) is 3.62. The summed E-state index contributed by atoms with van der Waals surface area (Å²) >= 11 is 0. The van der Waals surface area contributed by atoms with Gasteiger partial charge < -0.3 is 4.74 Å². The highest BCUT2D eigenvalue weighted by atomic mass is 16.5. The molecule has 4 nitrogen and oxygen atoms in total. The lowest BCUT2D eigenvalue weighted by Crippen LogP contribution is -2.02. The quantitative estimate of drug-likeness (QED) is 0.676. The molecule has 1 heterocycles. The molecule has 0 saturated heterocycles. The van der Waals surface area contributed by atoms with Crippen LogP contribution in [0.4, 0.5) is 0 Å². The fourth-order valence-electron chi connectivity index (χ4n) is 0.981. The number of carbonyl (C=O) groups excluding carboxylic acids is 1. The number of pyridine rings is 1. The molecule has 4 heteroatoms. The van der Waals surface area contributed by atoms with Gasteiger partial charge in [0, 0.05) is 18.9 Å². The molecule has 1 rings (SSSR count). The molecular formula is C10H10N2O2. The third kappa shape index (κ3) is 2.56. The van der Waals surface area contributed by atoms with Crippen molar-refractivity contribution < 1.29 is 9.53 Å². The third-order valence-electron chi connectivity index (χ3n) is 1.68. The summed E-state index contributed by atoms with van der Waals surface area (Å²) in [6, 6.07) is 6.90. The van der Waals surface area contributed by atoms with Crippen LogP contribution in [0.1, 0.15) is 23.3 Å². The number of methoxy groups -OCH3 is 1. The smallest absolute Gasteiger partial charge is 0.213 e. The lowest BCUT2D eigenvalue weighted by Gasteiger charge is -2.00. The van der Waals surface area contributed by atoms with Gasteiger partial charge in [-0.25, -0.2) is 4.98 Å². The van der Waals surface area contributed by atoms with Crippen LogP contribution >= 0.6 is 0 Å². The third-order valence-corrected chi connectivity index (χ3v) is 1.68. The van der Waals surface area contributed by atoms with Crippen LogP contribution in [0.5, 0.6) is 5.88 Å². The minimum absolute atomic E-state index is 0.134. The average molecular weight is 190 g/mol. The number of hydrogen-bond donors (Lipinski definition) is 0. The summed E-state index contributed by atoms with van der Waals surface area (Å²) in [5.41, 5.74) is 0.347. The largest absolute Gasteiger partial charge is 0.481 e. The first-order chi connectivity index (χ1) is 6.77. The van der Waals surface area contributed by atoms with E-state index in [2.05, 4.69) is 4.98 Å². The van der Waals surface area contributed by atoms with Gasteiger partial charge >= 0.3 is 0 Å². The number of carbonyl (C=O) groups is 1. The zero-order valence-corrected chi connectivity index (χ0v) is 7.86. The lowest BCUT2D eigenvalue weighted by molar-refractivity contribution is 0.0978. The summed E-state index contributed by atoms with van der Waals surface area (Å²) in [5.74, 6) is 0.276. The number of rotatable bonds is 4. The molecule has 0 fully saturated rings. The van der Waals surface area contributed by atoms with Crippen LogP contribution in [-0.2, 0) is 0 Å². The SMILES string of the molecule is COc1cccc(C(=O)CCC#N)n1. The first-order valence-corrected chi connectivity index (χ1v) is 4.19. The highest BCUT2D eigenvalue weighted by molar-refractivity contribution is 5.94. The summed E-state index contributed by atoms with van der Waals surface area (Å²) in [6.45, 7) is 0. The zero-order chi connectivity index (χ0) is 10.4. The van der Waals surface area contributed by atoms with Gasteiger partial charge in [-0.1, -0.05) is 6.07 Å². The Labute approximate surface area is 82.1 Å². The molecule has 0 aliphatic rings. The molecule has 1 aromatic heterocycles. The molecule has 0 atom stereocenters. The molecule has 14 heavy (non-hydrogen) atoms. The van der Waals surface area contributed by atoms with E-state index in [0.717, 1.165) is 0 Å². The molecule has 0 bridgehead atoms. The van der Waals surface area contributed by atoms with Gasteiger partial charge in [0.15, 0.2) is 5.78 Å². The fourth-order valence-corrected chi connectivity index (χ4v) is 0.981. The number of nitriles is 1. The van der Waals surface area contributed by atoms with Crippen LogP contribution in [0.2, 0.25) is 0 Å². The molecular weight excluding hydrogens is 180 g/mol. The van der Waals surface area contributed by atoms with E-state index in [1.807, 2.05) is 6.07 Å². The Morgan fingerprint density at radius 1 is 1.64 bits per heavy atom. The van der Waals surface area contributed by atoms with Crippen LogP contribution in [0.25, 0.3) is 0 Å². The maximum atomic E-state index is 11.4. The predicted octanol–water partition coefficient (Wildman–Crippen LogP) is 1.58. The van der Waals surface area contributed by atoms with Crippen molar-refractivity contribution in [3.63, 3.8) is 0 Å². The van der Waals surface area contributed by atoms with Crippen molar-refractivity contribution in [3.8, 4) is 11.9 Å². The Morgan fingerprint density at radius 3 is 3.07 bits per heavy atom. The molecule has 0 amide bonds. The van der Waals surface area contributed by atoms with E-state index in [9.17, 15) is 4.79 Å². The minimum Gasteiger partial charge on any atom is -0.481 e. The second-order valence-electron chi connectivity index (χ2n) is 2.65. The molecule has 72 valence electrons. The molecule has 0 aliphatic carbocycles. The normalized spacial score (nSPS) is 9.14.